The van der Waals surface area contributed by atoms with Crippen molar-refractivity contribution < 1.29 is 9.53 Å². The molecule has 2 aromatic carbocycles. The zero-order valence-corrected chi connectivity index (χ0v) is 19.3. The van der Waals surface area contributed by atoms with Crippen molar-refractivity contribution in [2.75, 3.05) is 11.9 Å². The van der Waals surface area contributed by atoms with Crippen LogP contribution in [0, 0.1) is 0 Å². The van der Waals surface area contributed by atoms with Gasteiger partial charge in [-0.05, 0) is 71.0 Å². The number of rotatable bonds is 8. The van der Waals surface area contributed by atoms with Gasteiger partial charge in [-0.1, -0.05) is 49.4 Å². The molecular formula is C20H21BrCl2N2O2S. The summed E-state index contributed by atoms with van der Waals surface area (Å²) in [6.45, 7) is 2.82. The molecule has 0 atom stereocenters. The molecule has 2 aromatic rings. The quantitative estimate of drug-likeness (QED) is 0.305. The van der Waals surface area contributed by atoms with Gasteiger partial charge in [-0.15, -0.1) is 0 Å². The van der Waals surface area contributed by atoms with Crippen LogP contribution in [0.2, 0.25) is 10.0 Å². The van der Waals surface area contributed by atoms with E-state index in [-0.39, 0.29) is 11.0 Å². The predicted molar refractivity (Wildman–Crippen MR) is 124 cm³/mol. The molecule has 8 heteroatoms. The monoisotopic (exact) mass is 502 g/mol. The summed E-state index contributed by atoms with van der Waals surface area (Å²) < 4.78 is 6.47. The van der Waals surface area contributed by atoms with Crippen LogP contribution in [0.3, 0.4) is 0 Å². The van der Waals surface area contributed by atoms with Crippen LogP contribution in [0.25, 0.3) is 0 Å². The van der Waals surface area contributed by atoms with E-state index in [0.717, 1.165) is 12.8 Å². The average molecular weight is 504 g/mol. The molecule has 0 heterocycles. The van der Waals surface area contributed by atoms with Gasteiger partial charge >= 0.3 is 0 Å². The first-order chi connectivity index (χ1) is 13.4. The lowest BCUT2D eigenvalue weighted by molar-refractivity contribution is 0.0977. The molecule has 0 saturated carbocycles. The third kappa shape index (κ3) is 7.24. The molecule has 0 unspecified atom stereocenters. The summed E-state index contributed by atoms with van der Waals surface area (Å²) in [4.78, 5) is 12.4. The van der Waals surface area contributed by atoms with E-state index in [1.165, 1.54) is 12.8 Å². The van der Waals surface area contributed by atoms with Crippen molar-refractivity contribution in [2.24, 2.45) is 0 Å². The smallest absolute Gasteiger partial charge is 0.257 e. The lowest BCUT2D eigenvalue weighted by Crippen LogP contribution is -2.34. The summed E-state index contributed by atoms with van der Waals surface area (Å²) in [5.74, 6) is 0.366. The lowest BCUT2D eigenvalue weighted by Gasteiger charge is -2.12. The van der Waals surface area contributed by atoms with Crippen molar-refractivity contribution in [1.82, 2.24) is 5.32 Å². The standard InChI is InChI=1S/C20H21BrCl2N2O2S/c1-2-3-4-5-10-27-18-9-6-13(11-15(18)21)19(26)25-20(28)24-17-12-14(22)7-8-16(17)23/h6-9,11-12H,2-5,10H2,1H3,(H2,24,25,26,28). The minimum absolute atomic E-state index is 0.126. The highest BCUT2D eigenvalue weighted by molar-refractivity contribution is 9.10. The highest BCUT2D eigenvalue weighted by Crippen LogP contribution is 2.27. The highest BCUT2D eigenvalue weighted by Gasteiger charge is 2.12. The maximum Gasteiger partial charge on any atom is 0.257 e. The average Bonchev–Trinajstić information content (AvgIpc) is 2.65. The minimum Gasteiger partial charge on any atom is -0.492 e. The minimum atomic E-state index is -0.342. The Bertz CT molecular complexity index is 849. The van der Waals surface area contributed by atoms with Gasteiger partial charge in [0.25, 0.3) is 5.91 Å². The Hall–Kier alpha value is -1.34. The van der Waals surface area contributed by atoms with Crippen LogP contribution in [0.15, 0.2) is 40.9 Å². The molecule has 0 saturated heterocycles. The second-order valence-electron chi connectivity index (χ2n) is 6.09. The molecule has 0 bridgehead atoms. The van der Waals surface area contributed by atoms with E-state index in [0.29, 0.717) is 38.1 Å². The van der Waals surface area contributed by atoms with Gasteiger partial charge in [0.05, 0.1) is 21.8 Å². The van der Waals surface area contributed by atoms with E-state index >= 15 is 0 Å². The summed E-state index contributed by atoms with van der Waals surface area (Å²) in [6.07, 6.45) is 4.55. The summed E-state index contributed by atoms with van der Waals surface area (Å²) in [5.41, 5.74) is 0.971. The second kappa shape index (κ2) is 11.6. The van der Waals surface area contributed by atoms with Crippen LogP contribution in [0.4, 0.5) is 5.69 Å². The molecule has 0 aliphatic carbocycles. The van der Waals surface area contributed by atoms with Crippen LogP contribution in [-0.2, 0) is 0 Å². The lowest BCUT2D eigenvalue weighted by atomic mass is 10.2. The Kier molecular flexibility index (Phi) is 9.51. The number of halogens is 3. The van der Waals surface area contributed by atoms with Crippen molar-refractivity contribution in [1.29, 1.82) is 0 Å². The Morgan fingerprint density at radius 2 is 1.93 bits per heavy atom. The molecule has 0 radical (unpaired) electrons. The van der Waals surface area contributed by atoms with Crippen molar-refractivity contribution in [3.05, 3.63) is 56.5 Å². The molecule has 4 nitrogen and oxygen atoms in total. The van der Waals surface area contributed by atoms with Gasteiger partial charge in [0, 0.05) is 10.6 Å². The van der Waals surface area contributed by atoms with Gasteiger partial charge in [0.2, 0.25) is 0 Å². The van der Waals surface area contributed by atoms with E-state index < -0.39 is 0 Å². The maximum atomic E-state index is 12.4. The summed E-state index contributed by atoms with van der Waals surface area (Å²) in [7, 11) is 0. The second-order valence-corrected chi connectivity index (χ2v) is 8.19. The van der Waals surface area contributed by atoms with Gasteiger partial charge < -0.3 is 10.1 Å². The Morgan fingerprint density at radius 1 is 1.14 bits per heavy atom. The van der Waals surface area contributed by atoms with Crippen LogP contribution < -0.4 is 15.4 Å². The molecule has 0 spiro atoms. The fraction of sp³-hybridized carbons (Fsp3) is 0.300. The van der Waals surface area contributed by atoms with E-state index in [4.69, 9.17) is 40.2 Å². The molecule has 0 aliphatic rings. The number of anilines is 1. The van der Waals surface area contributed by atoms with Crippen LogP contribution in [0.1, 0.15) is 43.0 Å². The first-order valence-electron chi connectivity index (χ1n) is 8.90. The molecular weight excluding hydrogens is 483 g/mol. The van der Waals surface area contributed by atoms with Crippen LogP contribution >= 0.6 is 51.3 Å². The number of thiocarbonyl (C=S) groups is 1. The van der Waals surface area contributed by atoms with Gasteiger partial charge in [-0.3, -0.25) is 10.1 Å². The van der Waals surface area contributed by atoms with Gasteiger partial charge in [0.15, 0.2) is 5.11 Å². The van der Waals surface area contributed by atoms with E-state index in [1.54, 1.807) is 36.4 Å². The zero-order valence-electron chi connectivity index (χ0n) is 15.4. The maximum absolute atomic E-state index is 12.4. The number of hydrogen-bond acceptors (Lipinski definition) is 3. The zero-order chi connectivity index (χ0) is 20.5. The van der Waals surface area contributed by atoms with Crippen molar-refractivity contribution >= 4 is 68.1 Å². The predicted octanol–water partition coefficient (Wildman–Crippen LogP) is 6.84. The van der Waals surface area contributed by atoms with Crippen LogP contribution in [0.5, 0.6) is 5.75 Å². The topological polar surface area (TPSA) is 50.4 Å². The van der Waals surface area contributed by atoms with Crippen LogP contribution in [-0.4, -0.2) is 17.6 Å². The summed E-state index contributed by atoms with van der Waals surface area (Å²) in [5, 5.41) is 6.58. The summed E-state index contributed by atoms with van der Waals surface area (Å²) in [6, 6.07) is 10.1. The molecule has 2 rings (SSSR count). The number of ether oxygens (including phenoxy) is 1. The Balaban J connectivity index is 1.92. The molecule has 0 aliphatic heterocycles. The van der Waals surface area contributed by atoms with Crippen molar-refractivity contribution in [3.63, 3.8) is 0 Å². The van der Waals surface area contributed by atoms with E-state index in [9.17, 15) is 4.79 Å². The first-order valence-corrected chi connectivity index (χ1v) is 10.9. The van der Waals surface area contributed by atoms with Gasteiger partial charge in [0.1, 0.15) is 5.75 Å². The third-order valence-corrected chi connectivity index (χ3v) is 5.24. The molecule has 0 fully saturated rings. The highest BCUT2D eigenvalue weighted by atomic mass is 79.9. The fourth-order valence-electron chi connectivity index (χ4n) is 2.39. The number of hydrogen-bond donors (Lipinski definition) is 2. The number of amides is 1. The van der Waals surface area contributed by atoms with Crippen molar-refractivity contribution in [2.45, 2.75) is 32.6 Å². The number of carbonyl (C=O) groups is 1. The SMILES string of the molecule is CCCCCCOc1ccc(C(=O)NC(=S)Nc2cc(Cl)ccc2Cl)cc1Br. The molecule has 0 aromatic heterocycles. The third-order valence-electron chi connectivity index (χ3n) is 3.85. The number of carbonyl (C=O) groups excluding carboxylic acids is 1. The molecule has 2 N–H and O–H groups in total. The normalized spacial score (nSPS) is 10.4. The van der Waals surface area contributed by atoms with E-state index in [1.807, 2.05) is 0 Å². The van der Waals surface area contributed by atoms with E-state index in [2.05, 4.69) is 33.5 Å². The largest absolute Gasteiger partial charge is 0.492 e. The molecule has 150 valence electrons. The van der Waals surface area contributed by atoms with Crippen molar-refractivity contribution in [3.8, 4) is 5.75 Å². The fourth-order valence-corrected chi connectivity index (χ4v) is 3.43. The van der Waals surface area contributed by atoms with Gasteiger partial charge in [-0.25, -0.2) is 0 Å². The first kappa shape index (κ1) is 22.9. The molecule has 1 amide bonds. The Labute approximate surface area is 189 Å². The summed E-state index contributed by atoms with van der Waals surface area (Å²) >= 11 is 20.7. The van der Waals surface area contributed by atoms with Gasteiger partial charge in [-0.2, -0.15) is 0 Å². The number of benzene rings is 2. The number of nitrogens with one attached hydrogen (secondary N) is 2. The number of unbranched alkanes of at least 4 members (excludes halogenated alkanes) is 3. The Morgan fingerprint density at radius 3 is 2.64 bits per heavy atom. The molecule has 28 heavy (non-hydrogen) atoms.